The fourth-order valence-electron chi connectivity index (χ4n) is 4.04. The first-order chi connectivity index (χ1) is 13.9. The van der Waals surface area contributed by atoms with Gasteiger partial charge in [-0.1, -0.05) is 85.9 Å². The summed E-state index contributed by atoms with van der Waals surface area (Å²) in [6.45, 7) is 17.3. The molecule has 0 bridgehead atoms. The quantitative estimate of drug-likeness (QED) is 0.329. The van der Waals surface area contributed by atoms with Crippen LogP contribution in [0.4, 0.5) is 0 Å². The Morgan fingerprint density at radius 3 is 2.27 bits per heavy atom. The maximum atomic E-state index is 12.4. The van der Waals surface area contributed by atoms with Gasteiger partial charge in [0.05, 0.1) is 7.11 Å². The van der Waals surface area contributed by atoms with Gasteiger partial charge in [0, 0.05) is 16.3 Å². The Balaban J connectivity index is 2.71. The van der Waals surface area contributed by atoms with E-state index in [-0.39, 0.29) is 16.4 Å². The van der Waals surface area contributed by atoms with Gasteiger partial charge in [-0.3, -0.25) is 4.79 Å². The zero-order chi connectivity index (χ0) is 22.7. The first kappa shape index (κ1) is 24.6. The lowest BCUT2D eigenvalue weighted by atomic mass is 9.82. The largest absolute Gasteiger partial charge is 0.496 e. The minimum atomic E-state index is -0.0904. The number of hydrogen-bond donors (Lipinski definition) is 0. The molecule has 2 aromatic rings. The van der Waals surface area contributed by atoms with E-state index in [9.17, 15) is 4.79 Å². The monoisotopic (exact) mass is 426 g/mol. The van der Waals surface area contributed by atoms with Gasteiger partial charge in [0.2, 0.25) is 0 Å². The van der Waals surface area contributed by atoms with Crippen LogP contribution < -0.4 is 10.0 Å². The number of unbranched alkanes of at least 4 members (excludes halogenated alkanes) is 1. The molecule has 3 heteroatoms. The van der Waals surface area contributed by atoms with E-state index >= 15 is 0 Å². The predicted octanol–water partition coefficient (Wildman–Crippen LogP) is 7.22. The second-order valence-corrected chi connectivity index (χ2v) is 11.7. The number of aryl methyl sites for hydroxylation is 2. The smallest absolute Gasteiger partial charge is 0.160 e. The number of ketones is 1. The van der Waals surface area contributed by atoms with Gasteiger partial charge in [-0.05, 0) is 55.1 Å². The summed E-state index contributed by atoms with van der Waals surface area (Å²) in [4.78, 5) is 12.4. The molecule has 0 saturated heterocycles. The van der Waals surface area contributed by atoms with Crippen LogP contribution in [0.25, 0.3) is 0 Å². The molecule has 0 N–H and O–H groups in total. The normalized spacial score (nSPS) is 14.2. The molecule has 0 aliphatic heterocycles. The average Bonchev–Trinajstić information content (AvgIpc) is 2.66. The Kier molecular flexibility index (Phi) is 7.91. The zero-order valence-electron chi connectivity index (χ0n) is 20.3. The number of carbonyl (C=O) groups excluding carboxylic acids is 1. The van der Waals surface area contributed by atoms with Crippen LogP contribution in [0.2, 0.25) is 0 Å². The van der Waals surface area contributed by atoms with E-state index < -0.39 is 0 Å². The van der Waals surface area contributed by atoms with Gasteiger partial charge < -0.3 is 4.74 Å². The zero-order valence-corrected chi connectivity index (χ0v) is 21.3. The fourth-order valence-corrected chi connectivity index (χ4v) is 5.80. The van der Waals surface area contributed by atoms with E-state index in [0.29, 0.717) is 8.58 Å². The van der Waals surface area contributed by atoms with Crippen LogP contribution in [-0.2, 0) is 10.6 Å². The fraction of sp³-hybridized carbons (Fsp3) is 0.519. The molecule has 0 amide bonds. The van der Waals surface area contributed by atoms with Crippen molar-refractivity contribution < 1.29 is 9.53 Å². The van der Waals surface area contributed by atoms with Gasteiger partial charge in [-0.25, -0.2) is 0 Å². The van der Waals surface area contributed by atoms with Crippen molar-refractivity contribution in [2.45, 2.75) is 85.2 Å². The van der Waals surface area contributed by atoms with Crippen LogP contribution in [-0.4, -0.2) is 12.9 Å². The van der Waals surface area contributed by atoms with Crippen LogP contribution in [0.1, 0.15) is 93.4 Å². The number of methoxy groups -OCH3 is 1. The average molecular weight is 427 g/mol. The molecular weight excluding hydrogens is 387 g/mol. The molecule has 0 aliphatic carbocycles. The Bertz CT molecular complexity index is 908. The minimum Gasteiger partial charge on any atom is -0.496 e. The Hall–Kier alpha value is -1.66. The van der Waals surface area contributed by atoms with Gasteiger partial charge in [0.15, 0.2) is 5.78 Å². The summed E-state index contributed by atoms with van der Waals surface area (Å²) in [6.07, 6.45) is 3.36. The summed E-state index contributed by atoms with van der Waals surface area (Å²) in [5.74, 6) is 1.14. The predicted molar refractivity (Wildman–Crippen MR) is 132 cm³/mol. The van der Waals surface area contributed by atoms with Crippen molar-refractivity contribution in [3.8, 4) is 5.75 Å². The van der Waals surface area contributed by atoms with Crippen molar-refractivity contribution in [1.82, 2.24) is 0 Å². The van der Waals surface area contributed by atoms with Crippen LogP contribution >= 0.6 is 8.58 Å². The van der Waals surface area contributed by atoms with E-state index in [1.54, 1.807) is 14.0 Å². The van der Waals surface area contributed by atoms with Gasteiger partial charge in [0.25, 0.3) is 0 Å². The van der Waals surface area contributed by atoms with E-state index in [4.69, 9.17) is 4.74 Å². The molecular formula is C27H39O2P. The number of hydrogen-bond acceptors (Lipinski definition) is 2. The van der Waals surface area contributed by atoms with Crippen molar-refractivity contribution in [3.05, 3.63) is 58.1 Å². The Labute approximate surface area is 185 Å². The number of benzene rings is 2. The van der Waals surface area contributed by atoms with Gasteiger partial charge in [-0.2, -0.15) is 0 Å². The first-order valence-electron chi connectivity index (χ1n) is 11.0. The molecule has 0 aromatic heterocycles. The second kappa shape index (κ2) is 9.65. The van der Waals surface area contributed by atoms with E-state index in [2.05, 4.69) is 72.7 Å². The summed E-state index contributed by atoms with van der Waals surface area (Å²) in [7, 11) is 2.28. The third kappa shape index (κ3) is 5.52. The summed E-state index contributed by atoms with van der Waals surface area (Å²) >= 11 is 0. The lowest BCUT2D eigenvalue weighted by Gasteiger charge is -2.35. The lowest BCUT2D eigenvalue weighted by Crippen LogP contribution is -2.24. The molecule has 2 atom stereocenters. The SMILES string of the molecule is CCCCC(C)(Pc1ccc(C)cc1C(C)=O)c1cc(C(C)(C)C)cc(C)c1OC. The molecule has 0 saturated carbocycles. The highest BCUT2D eigenvalue weighted by Gasteiger charge is 2.33. The van der Waals surface area contributed by atoms with E-state index in [1.807, 2.05) is 6.07 Å². The van der Waals surface area contributed by atoms with Crippen LogP contribution in [0.15, 0.2) is 30.3 Å². The Morgan fingerprint density at radius 1 is 1.07 bits per heavy atom. The van der Waals surface area contributed by atoms with Crippen LogP contribution in [0.3, 0.4) is 0 Å². The highest BCUT2D eigenvalue weighted by molar-refractivity contribution is 7.48. The minimum absolute atomic E-state index is 0.0644. The highest BCUT2D eigenvalue weighted by atomic mass is 31.1. The van der Waals surface area contributed by atoms with Gasteiger partial charge in [-0.15, -0.1) is 0 Å². The summed E-state index contributed by atoms with van der Waals surface area (Å²) in [5, 5.41) is 1.07. The molecule has 2 rings (SSSR count). The van der Waals surface area contributed by atoms with Crippen LogP contribution in [0, 0.1) is 13.8 Å². The highest BCUT2D eigenvalue weighted by Crippen LogP contribution is 2.50. The number of carbonyl (C=O) groups is 1. The molecule has 2 nitrogen and oxygen atoms in total. The standard InChI is InChI=1S/C27H39O2P/c1-10-11-14-27(8,30-24-13-12-18(2)15-22(24)20(4)28)23-17-21(26(5,6)7)16-19(3)25(23)29-9/h12-13,15-17,30H,10-11,14H2,1-9H3. The topological polar surface area (TPSA) is 26.3 Å². The molecule has 0 spiro atoms. The second-order valence-electron chi connectivity index (χ2n) is 9.79. The van der Waals surface area contributed by atoms with Crippen LogP contribution in [0.5, 0.6) is 5.75 Å². The van der Waals surface area contributed by atoms with Crippen molar-refractivity contribution in [2.75, 3.05) is 7.11 Å². The summed E-state index contributed by atoms with van der Waals surface area (Å²) < 4.78 is 5.94. The van der Waals surface area contributed by atoms with Gasteiger partial charge in [0.1, 0.15) is 5.75 Å². The number of ether oxygens (including phenoxy) is 1. The molecule has 2 aromatic carbocycles. The van der Waals surface area contributed by atoms with E-state index in [1.165, 1.54) is 16.7 Å². The molecule has 164 valence electrons. The van der Waals surface area contributed by atoms with Crippen molar-refractivity contribution in [3.63, 3.8) is 0 Å². The molecule has 0 fully saturated rings. The van der Waals surface area contributed by atoms with Gasteiger partial charge >= 0.3 is 0 Å². The van der Waals surface area contributed by atoms with Crippen molar-refractivity contribution >= 4 is 19.7 Å². The molecule has 0 aliphatic rings. The number of Topliss-reactive ketones (excluding diaryl/α,β-unsaturated/α-hetero) is 1. The van der Waals surface area contributed by atoms with E-state index in [0.717, 1.165) is 41.4 Å². The third-order valence-corrected chi connectivity index (χ3v) is 7.71. The molecule has 0 heterocycles. The summed E-state index contributed by atoms with van der Waals surface area (Å²) in [5.41, 5.74) is 5.85. The molecule has 0 radical (unpaired) electrons. The summed E-state index contributed by atoms with van der Waals surface area (Å²) in [6, 6.07) is 10.9. The maximum Gasteiger partial charge on any atom is 0.160 e. The Morgan fingerprint density at radius 2 is 1.73 bits per heavy atom. The maximum absolute atomic E-state index is 12.4. The third-order valence-electron chi connectivity index (χ3n) is 5.93. The molecule has 2 unspecified atom stereocenters. The van der Waals surface area contributed by atoms with Crippen molar-refractivity contribution in [1.29, 1.82) is 0 Å². The first-order valence-corrected chi connectivity index (χ1v) is 12.0. The molecule has 30 heavy (non-hydrogen) atoms. The lowest BCUT2D eigenvalue weighted by molar-refractivity contribution is 0.101. The van der Waals surface area contributed by atoms with Crippen molar-refractivity contribution in [2.24, 2.45) is 0 Å². The number of rotatable bonds is 8.